The normalized spacial score (nSPS) is 28.4. The second-order valence-electron chi connectivity index (χ2n) is 11.9. The van der Waals surface area contributed by atoms with Crippen molar-refractivity contribution in [1.82, 2.24) is 10.2 Å². The second kappa shape index (κ2) is 9.01. The molecule has 3 nitrogen and oxygen atoms in total. The van der Waals surface area contributed by atoms with Gasteiger partial charge in [0.2, 0.25) is 0 Å². The topological polar surface area (TPSA) is 24.5 Å². The summed E-state index contributed by atoms with van der Waals surface area (Å²) in [6, 6.07) is 34.7. The van der Waals surface area contributed by atoms with Gasteiger partial charge in [0.05, 0.1) is 12.1 Å². The van der Waals surface area contributed by atoms with Crippen molar-refractivity contribution in [3.8, 4) is 0 Å². The van der Waals surface area contributed by atoms with E-state index >= 15 is 0 Å². The number of fused-ring (bicyclic) bond motifs is 2. The molecule has 0 saturated carbocycles. The van der Waals surface area contributed by atoms with Crippen LogP contribution in [0.4, 0.5) is 0 Å². The molecule has 3 saturated heterocycles. The first-order valence-electron chi connectivity index (χ1n) is 13.3. The van der Waals surface area contributed by atoms with E-state index in [0.29, 0.717) is 18.1 Å². The van der Waals surface area contributed by atoms with E-state index in [-0.39, 0.29) is 11.1 Å². The van der Waals surface area contributed by atoms with Crippen LogP contribution in [0.3, 0.4) is 0 Å². The van der Waals surface area contributed by atoms with E-state index < -0.39 is 8.32 Å². The summed E-state index contributed by atoms with van der Waals surface area (Å²) in [6.45, 7) is 9.38. The third kappa shape index (κ3) is 4.01. The third-order valence-electron chi connectivity index (χ3n) is 8.62. The van der Waals surface area contributed by atoms with Gasteiger partial charge in [-0.05, 0) is 39.7 Å². The zero-order chi connectivity index (χ0) is 24.0. The number of rotatable bonds is 6. The molecule has 5 atom stereocenters. The van der Waals surface area contributed by atoms with Crippen molar-refractivity contribution >= 4 is 18.7 Å². The number of nitrogens with one attached hydrogen (secondary N) is 1. The second-order valence-corrected chi connectivity index (χ2v) is 16.1. The summed E-state index contributed by atoms with van der Waals surface area (Å²) in [6.07, 6.45) is 2.70. The zero-order valence-corrected chi connectivity index (χ0v) is 22.2. The van der Waals surface area contributed by atoms with Gasteiger partial charge < -0.3 is 9.74 Å². The van der Waals surface area contributed by atoms with Crippen molar-refractivity contribution in [2.45, 2.75) is 69.4 Å². The molecule has 0 spiro atoms. The van der Waals surface area contributed by atoms with Gasteiger partial charge in [0.25, 0.3) is 8.32 Å². The van der Waals surface area contributed by atoms with Gasteiger partial charge in [0.15, 0.2) is 0 Å². The summed E-state index contributed by atoms with van der Waals surface area (Å²) in [5.74, 6) is 0.763. The third-order valence-corrected chi connectivity index (χ3v) is 13.7. The van der Waals surface area contributed by atoms with Crippen molar-refractivity contribution in [2.75, 3.05) is 6.54 Å². The molecule has 35 heavy (non-hydrogen) atoms. The van der Waals surface area contributed by atoms with Gasteiger partial charge in [-0.3, -0.25) is 4.90 Å². The first-order chi connectivity index (χ1) is 17.0. The summed E-state index contributed by atoms with van der Waals surface area (Å²) < 4.78 is 7.78. The Morgan fingerprint density at radius 2 is 1.34 bits per heavy atom. The molecular weight excluding hydrogens is 444 g/mol. The highest BCUT2D eigenvalue weighted by Gasteiger charge is 2.59. The predicted molar refractivity (Wildman–Crippen MR) is 147 cm³/mol. The highest BCUT2D eigenvalue weighted by molar-refractivity contribution is 6.99. The SMILES string of the molecule is CC(C)(C)[Si](O[C@H]1C2[C@@H]3C[C@@H](C[C@H]1N3)CN2Cc1ccccc1)(c1ccccc1)c1ccccc1. The van der Waals surface area contributed by atoms with Gasteiger partial charge in [-0.2, -0.15) is 0 Å². The van der Waals surface area contributed by atoms with Crippen LogP contribution < -0.4 is 15.7 Å². The van der Waals surface area contributed by atoms with Crippen LogP contribution in [-0.4, -0.2) is 44.0 Å². The quantitative estimate of drug-likeness (QED) is 0.521. The Morgan fingerprint density at radius 3 is 1.91 bits per heavy atom. The van der Waals surface area contributed by atoms with Crippen LogP contribution in [0.1, 0.15) is 39.2 Å². The van der Waals surface area contributed by atoms with Crippen molar-refractivity contribution < 1.29 is 4.43 Å². The summed E-state index contributed by atoms with van der Waals surface area (Å²) in [7, 11) is -2.60. The van der Waals surface area contributed by atoms with E-state index in [1.54, 1.807) is 0 Å². The fourth-order valence-electron chi connectivity index (χ4n) is 7.26. The molecule has 4 heteroatoms. The molecule has 3 aliphatic rings. The number of piperidine rings is 2. The maximum absolute atomic E-state index is 7.78. The lowest BCUT2D eigenvalue weighted by molar-refractivity contribution is 0.0456. The summed E-state index contributed by atoms with van der Waals surface area (Å²) >= 11 is 0. The van der Waals surface area contributed by atoms with Gasteiger partial charge >= 0.3 is 0 Å². The molecule has 0 aromatic heterocycles. The lowest BCUT2D eigenvalue weighted by atomic mass is 9.88. The molecule has 3 fully saturated rings. The Bertz CT molecular complexity index is 1090. The van der Waals surface area contributed by atoms with E-state index in [0.717, 1.165) is 12.5 Å². The molecule has 0 radical (unpaired) electrons. The van der Waals surface area contributed by atoms with Crippen molar-refractivity contribution in [2.24, 2.45) is 5.92 Å². The van der Waals surface area contributed by atoms with Gasteiger partial charge in [-0.1, -0.05) is 112 Å². The van der Waals surface area contributed by atoms with Crippen LogP contribution in [0, 0.1) is 5.92 Å². The average Bonchev–Trinajstić information content (AvgIpc) is 3.05. The zero-order valence-electron chi connectivity index (χ0n) is 21.2. The molecule has 6 rings (SSSR count). The van der Waals surface area contributed by atoms with Crippen molar-refractivity contribution in [3.63, 3.8) is 0 Å². The molecule has 1 unspecified atom stereocenters. The molecule has 3 aromatic rings. The maximum Gasteiger partial charge on any atom is 0.261 e. The smallest absolute Gasteiger partial charge is 0.261 e. The van der Waals surface area contributed by atoms with Crippen molar-refractivity contribution in [3.05, 3.63) is 96.6 Å². The van der Waals surface area contributed by atoms with Gasteiger partial charge in [0.1, 0.15) is 0 Å². The predicted octanol–water partition coefficient (Wildman–Crippen LogP) is 4.57. The summed E-state index contributed by atoms with van der Waals surface area (Å²) in [5.41, 5.74) is 1.40. The average molecular weight is 483 g/mol. The van der Waals surface area contributed by atoms with E-state index in [1.165, 1.54) is 35.3 Å². The lowest BCUT2D eigenvalue weighted by Gasteiger charge is -2.47. The fourth-order valence-corrected chi connectivity index (χ4v) is 12.0. The Kier molecular flexibility index (Phi) is 5.96. The Balaban J connectivity index is 1.44. The molecule has 3 bridgehead atoms. The highest BCUT2D eigenvalue weighted by Crippen LogP contribution is 2.45. The van der Waals surface area contributed by atoms with Gasteiger partial charge in [-0.15, -0.1) is 0 Å². The number of benzene rings is 3. The minimum atomic E-state index is -2.60. The van der Waals surface area contributed by atoms with Crippen LogP contribution in [0.25, 0.3) is 0 Å². The van der Waals surface area contributed by atoms with E-state index in [4.69, 9.17) is 4.43 Å². The summed E-state index contributed by atoms with van der Waals surface area (Å²) in [5, 5.41) is 6.77. The maximum atomic E-state index is 7.78. The Morgan fingerprint density at radius 1 is 0.800 bits per heavy atom. The molecule has 3 aliphatic heterocycles. The lowest BCUT2D eigenvalue weighted by Crippen LogP contribution is -2.69. The van der Waals surface area contributed by atoms with Crippen molar-refractivity contribution in [1.29, 1.82) is 0 Å². The molecule has 3 heterocycles. The highest BCUT2D eigenvalue weighted by atomic mass is 28.4. The van der Waals surface area contributed by atoms with Crippen LogP contribution in [0.5, 0.6) is 0 Å². The minimum Gasteiger partial charge on any atom is -0.401 e. The van der Waals surface area contributed by atoms with E-state index in [2.05, 4.69) is 122 Å². The van der Waals surface area contributed by atoms with Crippen LogP contribution >= 0.6 is 0 Å². The minimum absolute atomic E-state index is 0.00529. The fraction of sp³-hybridized carbons (Fsp3) is 0.419. The summed E-state index contributed by atoms with van der Waals surface area (Å²) in [4.78, 5) is 2.75. The Labute approximate surface area is 211 Å². The number of hydrogen-bond donors (Lipinski definition) is 1. The van der Waals surface area contributed by atoms with Crippen LogP contribution in [0.15, 0.2) is 91.0 Å². The van der Waals surface area contributed by atoms with Crippen LogP contribution in [-0.2, 0) is 11.0 Å². The van der Waals surface area contributed by atoms with E-state index in [9.17, 15) is 0 Å². The molecule has 0 aliphatic carbocycles. The van der Waals surface area contributed by atoms with Crippen LogP contribution in [0.2, 0.25) is 5.04 Å². The standard InChI is InChI=1S/C31H38N2OSi/c1-31(2,3)35(25-15-9-5-10-16-25,26-17-11-6-12-18-26)34-30-28-20-24-19-27(32-28)29(30)33(22-24)21-23-13-7-4-8-14-23/h4-18,24,27-30,32H,19-22H2,1-3H3/t24-,27-,28+,29?,30+/m0/s1. The first kappa shape index (κ1) is 23.2. The molecular formula is C31H38N2OSi. The first-order valence-corrected chi connectivity index (χ1v) is 15.2. The number of hydrogen-bond acceptors (Lipinski definition) is 3. The van der Waals surface area contributed by atoms with Gasteiger partial charge in [-0.25, -0.2) is 0 Å². The van der Waals surface area contributed by atoms with E-state index in [1.807, 2.05) is 0 Å². The number of likely N-dealkylation sites (tertiary alicyclic amines) is 1. The number of nitrogens with zero attached hydrogens (tertiary/aromatic N) is 1. The largest absolute Gasteiger partial charge is 0.401 e. The monoisotopic (exact) mass is 482 g/mol. The van der Waals surface area contributed by atoms with Gasteiger partial charge in [0, 0.05) is 25.2 Å². The molecule has 3 aromatic carbocycles. The molecule has 0 amide bonds. The molecule has 182 valence electrons. The Hall–Kier alpha value is -2.24. The molecule has 1 N–H and O–H groups in total.